The lowest BCUT2D eigenvalue weighted by Crippen LogP contribution is -1.95. The summed E-state index contributed by atoms with van der Waals surface area (Å²) in [5.41, 5.74) is 7.59. The summed E-state index contributed by atoms with van der Waals surface area (Å²) >= 11 is 1.46. The summed E-state index contributed by atoms with van der Waals surface area (Å²) in [5, 5.41) is 1.98. The number of aromatic nitrogens is 1. The first-order valence-electron chi connectivity index (χ1n) is 2.44. The van der Waals surface area contributed by atoms with E-state index in [2.05, 4.69) is 4.37 Å². The van der Waals surface area contributed by atoms with Crippen molar-refractivity contribution >= 4 is 11.5 Å². The summed E-state index contributed by atoms with van der Waals surface area (Å²) in [6, 6.07) is 0. The van der Waals surface area contributed by atoms with E-state index in [0.29, 0.717) is 6.54 Å². The summed E-state index contributed by atoms with van der Waals surface area (Å²) in [5.74, 6) is 0. The molecular weight excluding hydrogens is 132 g/mol. The van der Waals surface area contributed by atoms with E-state index in [-0.39, 0.29) is 7.43 Å². The van der Waals surface area contributed by atoms with Gasteiger partial charge < -0.3 is 5.73 Å². The quantitative estimate of drug-likeness (QED) is 0.649. The maximum absolute atomic E-state index is 5.36. The minimum Gasteiger partial charge on any atom is -0.326 e. The van der Waals surface area contributed by atoms with Crippen LogP contribution in [-0.2, 0) is 6.54 Å². The van der Waals surface area contributed by atoms with E-state index >= 15 is 0 Å². The second kappa shape index (κ2) is 3.58. The Morgan fingerprint density at radius 1 is 1.78 bits per heavy atom. The standard InChI is InChI=1S/C5H8N2S.CH4/c1-4-5(2-6)3-8-7-4;/h3H,2,6H2,1H3;1H4. The zero-order valence-electron chi connectivity index (χ0n) is 4.72. The van der Waals surface area contributed by atoms with Gasteiger partial charge in [-0.25, -0.2) is 0 Å². The van der Waals surface area contributed by atoms with Crippen LogP contribution in [0.4, 0.5) is 0 Å². The Kier molecular flexibility index (Phi) is 3.42. The Morgan fingerprint density at radius 3 is 2.67 bits per heavy atom. The summed E-state index contributed by atoms with van der Waals surface area (Å²) in [6.45, 7) is 2.58. The van der Waals surface area contributed by atoms with Gasteiger partial charge in [-0.05, 0) is 24.0 Å². The molecule has 0 atom stereocenters. The number of nitrogens with two attached hydrogens (primary N) is 1. The summed E-state index contributed by atoms with van der Waals surface area (Å²) in [4.78, 5) is 0. The van der Waals surface area contributed by atoms with Crippen LogP contribution in [-0.4, -0.2) is 4.37 Å². The van der Waals surface area contributed by atoms with Crippen LogP contribution in [0.3, 0.4) is 0 Å². The highest BCUT2D eigenvalue weighted by atomic mass is 32.1. The third-order valence-electron chi connectivity index (χ3n) is 1.07. The molecule has 2 N–H and O–H groups in total. The first-order chi connectivity index (χ1) is 3.84. The van der Waals surface area contributed by atoms with Gasteiger partial charge in [-0.3, -0.25) is 0 Å². The lowest BCUT2D eigenvalue weighted by Gasteiger charge is -1.86. The van der Waals surface area contributed by atoms with Gasteiger partial charge >= 0.3 is 0 Å². The molecule has 0 radical (unpaired) electrons. The first-order valence-corrected chi connectivity index (χ1v) is 3.28. The largest absolute Gasteiger partial charge is 0.326 e. The van der Waals surface area contributed by atoms with Crippen molar-refractivity contribution < 1.29 is 0 Å². The predicted molar refractivity (Wildman–Crippen MR) is 41.5 cm³/mol. The van der Waals surface area contributed by atoms with E-state index in [1.807, 2.05) is 12.3 Å². The normalized spacial score (nSPS) is 8.67. The van der Waals surface area contributed by atoms with Crippen molar-refractivity contribution in [2.75, 3.05) is 0 Å². The third kappa shape index (κ3) is 1.77. The van der Waals surface area contributed by atoms with Crippen molar-refractivity contribution in [3.8, 4) is 0 Å². The highest BCUT2D eigenvalue weighted by Gasteiger charge is 1.94. The summed E-state index contributed by atoms with van der Waals surface area (Å²) < 4.78 is 4.05. The number of nitrogens with zero attached hydrogens (tertiary/aromatic N) is 1. The minimum absolute atomic E-state index is 0. The average molecular weight is 144 g/mol. The van der Waals surface area contributed by atoms with Gasteiger partial charge in [-0.1, -0.05) is 7.43 Å². The molecular formula is C6H12N2S. The lowest BCUT2D eigenvalue weighted by molar-refractivity contribution is 1.05. The number of hydrogen-bond donors (Lipinski definition) is 1. The monoisotopic (exact) mass is 144 g/mol. The lowest BCUT2D eigenvalue weighted by atomic mass is 10.3. The maximum atomic E-state index is 5.36. The van der Waals surface area contributed by atoms with Crippen molar-refractivity contribution in [1.29, 1.82) is 0 Å². The van der Waals surface area contributed by atoms with Gasteiger partial charge in [-0.2, -0.15) is 4.37 Å². The molecule has 2 nitrogen and oxygen atoms in total. The highest BCUT2D eigenvalue weighted by Crippen LogP contribution is 2.06. The van der Waals surface area contributed by atoms with Gasteiger partial charge in [0, 0.05) is 11.9 Å². The molecule has 0 fully saturated rings. The molecule has 0 bridgehead atoms. The first kappa shape index (κ1) is 8.59. The van der Waals surface area contributed by atoms with Crippen LogP contribution in [0.25, 0.3) is 0 Å². The molecule has 0 unspecified atom stereocenters. The Bertz CT molecular complexity index is 171. The molecule has 1 aromatic rings. The van der Waals surface area contributed by atoms with Crippen LogP contribution in [0.15, 0.2) is 5.38 Å². The van der Waals surface area contributed by atoms with Crippen LogP contribution in [0.1, 0.15) is 18.7 Å². The molecule has 0 aliphatic carbocycles. The number of hydrogen-bond acceptors (Lipinski definition) is 3. The van der Waals surface area contributed by atoms with Crippen LogP contribution in [0.2, 0.25) is 0 Å². The van der Waals surface area contributed by atoms with Gasteiger partial charge in [0.25, 0.3) is 0 Å². The number of aryl methyl sites for hydroxylation is 1. The van der Waals surface area contributed by atoms with E-state index in [0.717, 1.165) is 11.3 Å². The second-order valence-electron chi connectivity index (χ2n) is 1.63. The van der Waals surface area contributed by atoms with Gasteiger partial charge in [0.2, 0.25) is 0 Å². The number of rotatable bonds is 1. The van der Waals surface area contributed by atoms with Crippen LogP contribution in [0, 0.1) is 6.92 Å². The van der Waals surface area contributed by atoms with Gasteiger partial charge in [0.15, 0.2) is 0 Å². The maximum Gasteiger partial charge on any atom is 0.0556 e. The van der Waals surface area contributed by atoms with Crippen LogP contribution < -0.4 is 5.73 Å². The smallest absolute Gasteiger partial charge is 0.0556 e. The Hall–Kier alpha value is -0.410. The fraction of sp³-hybridized carbons (Fsp3) is 0.500. The third-order valence-corrected chi connectivity index (χ3v) is 1.84. The van der Waals surface area contributed by atoms with Crippen molar-refractivity contribution in [2.45, 2.75) is 20.9 Å². The van der Waals surface area contributed by atoms with Crippen molar-refractivity contribution in [3.63, 3.8) is 0 Å². The van der Waals surface area contributed by atoms with E-state index < -0.39 is 0 Å². The van der Waals surface area contributed by atoms with Crippen molar-refractivity contribution in [1.82, 2.24) is 4.37 Å². The molecule has 0 saturated carbocycles. The van der Waals surface area contributed by atoms with Crippen LogP contribution >= 0.6 is 11.5 Å². The van der Waals surface area contributed by atoms with E-state index in [9.17, 15) is 0 Å². The molecule has 1 rings (SSSR count). The zero-order chi connectivity index (χ0) is 5.98. The van der Waals surface area contributed by atoms with E-state index in [1.54, 1.807) is 0 Å². The molecule has 1 heterocycles. The molecule has 52 valence electrons. The van der Waals surface area contributed by atoms with Crippen LogP contribution in [0.5, 0.6) is 0 Å². The molecule has 0 saturated heterocycles. The van der Waals surface area contributed by atoms with Crippen molar-refractivity contribution in [3.05, 3.63) is 16.6 Å². The molecule has 0 amide bonds. The second-order valence-corrected chi connectivity index (χ2v) is 2.26. The fourth-order valence-electron chi connectivity index (χ4n) is 0.509. The highest BCUT2D eigenvalue weighted by molar-refractivity contribution is 7.03. The molecule has 0 aliphatic heterocycles. The predicted octanol–water partition coefficient (Wildman–Crippen LogP) is 1.55. The Morgan fingerprint density at radius 2 is 2.44 bits per heavy atom. The molecule has 3 heteroatoms. The fourth-order valence-corrected chi connectivity index (χ4v) is 1.23. The molecule has 0 aromatic carbocycles. The van der Waals surface area contributed by atoms with Gasteiger partial charge in [-0.15, -0.1) is 0 Å². The minimum atomic E-state index is 0. The SMILES string of the molecule is C.Cc1nscc1CN. The molecule has 1 aromatic heterocycles. The van der Waals surface area contributed by atoms with E-state index in [4.69, 9.17) is 5.73 Å². The molecule has 0 spiro atoms. The average Bonchev–Trinajstić information content (AvgIpc) is 2.14. The molecule has 0 aliphatic rings. The topological polar surface area (TPSA) is 38.9 Å². The van der Waals surface area contributed by atoms with Gasteiger partial charge in [0.1, 0.15) is 0 Å². The Labute approximate surface area is 59.9 Å². The van der Waals surface area contributed by atoms with Gasteiger partial charge in [0.05, 0.1) is 5.69 Å². The summed E-state index contributed by atoms with van der Waals surface area (Å²) in [7, 11) is 0. The Balaban J connectivity index is 0.000000640. The summed E-state index contributed by atoms with van der Waals surface area (Å²) in [6.07, 6.45) is 0. The van der Waals surface area contributed by atoms with Crippen molar-refractivity contribution in [2.24, 2.45) is 5.73 Å². The zero-order valence-corrected chi connectivity index (χ0v) is 5.53. The molecule has 9 heavy (non-hydrogen) atoms. The van der Waals surface area contributed by atoms with E-state index in [1.165, 1.54) is 11.5 Å².